The smallest absolute Gasteiger partial charge is 0.326 e. The molecule has 150 valence electrons. The lowest BCUT2D eigenvalue weighted by molar-refractivity contribution is -0.140. The Morgan fingerprint density at radius 2 is 1.66 bits per heavy atom. The molecule has 3 amide bonds. The van der Waals surface area contributed by atoms with Gasteiger partial charge in [-0.1, -0.05) is 44.2 Å². The quantitative estimate of drug-likeness (QED) is 0.702. The Morgan fingerprint density at radius 3 is 2.28 bits per heavy atom. The zero-order chi connectivity index (χ0) is 21.1. The average Bonchev–Trinajstić information content (AvgIpc) is 2.94. The van der Waals surface area contributed by atoms with Gasteiger partial charge in [-0.2, -0.15) is 0 Å². The highest BCUT2D eigenvalue weighted by atomic mass is 16.4. The molecular weight excluding hydrogens is 372 g/mol. The summed E-state index contributed by atoms with van der Waals surface area (Å²) in [6.07, 6.45) is 0.536. The first-order valence-corrected chi connectivity index (χ1v) is 9.37. The third-order valence-electron chi connectivity index (χ3n) is 4.92. The average molecular weight is 394 g/mol. The summed E-state index contributed by atoms with van der Waals surface area (Å²) in [6.45, 7) is 3.62. The largest absolute Gasteiger partial charge is 0.480 e. The fourth-order valence-corrected chi connectivity index (χ4v) is 3.26. The highest BCUT2D eigenvalue weighted by Gasteiger charge is 2.36. The molecule has 0 saturated heterocycles. The molecule has 29 heavy (non-hydrogen) atoms. The topological polar surface area (TPSA) is 104 Å². The molecule has 1 heterocycles. The number of nitrogens with one attached hydrogen (secondary N) is 1. The van der Waals surface area contributed by atoms with Crippen LogP contribution in [-0.2, 0) is 11.2 Å². The lowest BCUT2D eigenvalue weighted by Gasteiger charge is -2.18. The number of carbonyl (C=O) groups is 4. The summed E-state index contributed by atoms with van der Waals surface area (Å²) in [7, 11) is 0. The van der Waals surface area contributed by atoms with Gasteiger partial charge in [0.15, 0.2) is 0 Å². The number of rotatable bonds is 7. The van der Waals surface area contributed by atoms with Gasteiger partial charge in [0, 0.05) is 12.1 Å². The van der Waals surface area contributed by atoms with Crippen LogP contribution in [-0.4, -0.2) is 46.3 Å². The predicted molar refractivity (Wildman–Crippen MR) is 106 cm³/mol. The van der Waals surface area contributed by atoms with Crippen LogP contribution in [0.15, 0.2) is 48.5 Å². The third kappa shape index (κ3) is 4.18. The van der Waals surface area contributed by atoms with Gasteiger partial charge < -0.3 is 10.4 Å². The van der Waals surface area contributed by atoms with Crippen LogP contribution in [0.2, 0.25) is 0 Å². The molecule has 1 atom stereocenters. The Hall–Kier alpha value is -3.48. The Balaban J connectivity index is 1.76. The van der Waals surface area contributed by atoms with E-state index in [1.807, 2.05) is 30.3 Å². The number of hydrogen-bond acceptors (Lipinski definition) is 4. The first-order chi connectivity index (χ1) is 13.8. The van der Waals surface area contributed by atoms with Crippen LogP contribution < -0.4 is 5.32 Å². The number of hydrogen-bond donors (Lipinski definition) is 2. The molecule has 7 nitrogen and oxygen atoms in total. The van der Waals surface area contributed by atoms with Crippen molar-refractivity contribution in [2.45, 2.75) is 26.3 Å². The van der Waals surface area contributed by atoms with Crippen LogP contribution >= 0.6 is 0 Å². The minimum atomic E-state index is -1.13. The molecule has 1 aliphatic rings. The van der Waals surface area contributed by atoms with Crippen molar-refractivity contribution in [1.29, 1.82) is 0 Å². The number of nitrogens with zero attached hydrogens (tertiary/aromatic N) is 1. The van der Waals surface area contributed by atoms with Crippen molar-refractivity contribution in [3.8, 4) is 0 Å². The van der Waals surface area contributed by atoms with Crippen molar-refractivity contribution in [2.24, 2.45) is 5.92 Å². The van der Waals surface area contributed by atoms with Gasteiger partial charge >= 0.3 is 5.97 Å². The Morgan fingerprint density at radius 1 is 1.00 bits per heavy atom. The van der Waals surface area contributed by atoms with Crippen molar-refractivity contribution in [3.05, 3.63) is 70.8 Å². The summed E-state index contributed by atoms with van der Waals surface area (Å²) in [4.78, 5) is 50.2. The van der Waals surface area contributed by atoms with Crippen LogP contribution in [0.1, 0.15) is 50.5 Å². The number of aliphatic carboxylic acids is 1. The van der Waals surface area contributed by atoms with Crippen molar-refractivity contribution < 1.29 is 24.3 Å². The van der Waals surface area contributed by atoms with E-state index in [1.54, 1.807) is 13.8 Å². The standard InChI is InChI=1S/C22H22N2O5/c1-13(2)18(22(28)29)23-19(25)15-8-9-16-17(12-15)21(27)24(20(16)26)11-10-14-6-4-3-5-7-14/h3-9,12-13,18H,10-11H2,1-2H3,(H,23,25)(H,28,29). The minimum absolute atomic E-state index is 0.140. The molecule has 7 heteroatoms. The van der Waals surface area contributed by atoms with Crippen LogP contribution in [0.25, 0.3) is 0 Å². The molecule has 0 bridgehead atoms. The van der Waals surface area contributed by atoms with Gasteiger partial charge in [0.2, 0.25) is 0 Å². The summed E-state index contributed by atoms with van der Waals surface area (Å²) in [5.74, 6) is -2.87. The molecule has 2 aromatic rings. The maximum atomic E-state index is 12.7. The zero-order valence-corrected chi connectivity index (χ0v) is 16.2. The van der Waals surface area contributed by atoms with Crippen molar-refractivity contribution in [3.63, 3.8) is 0 Å². The monoisotopic (exact) mass is 394 g/mol. The first kappa shape index (κ1) is 20.3. The number of imide groups is 1. The normalized spacial score (nSPS) is 14.1. The Kier molecular flexibility index (Phi) is 5.77. The lowest BCUT2D eigenvalue weighted by Crippen LogP contribution is -2.44. The van der Waals surface area contributed by atoms with E-state index >= 15 is 0 Å². The minimum Gasteiger partial charge on any atom is -0.480 e. The molecule has 0 saturated carbocycles. The molecule has 2 aromatic carbocycles. The molecule has 0 aromatic heterocycles. The summed E-state index contributed by atoms with van der Waals surface area (Å²) in [5.41, 5.74) is 1.56. The van der Waals surface area contributed by atoms with E-state index in [-0.39, 0.29) is 29.2 Å². The number of fused-ring (bicyclic) bond motifs is 1. The SMILES string of the molecule is CC(C)C(NC(=O)c1ccc2c(c1)C(=O)N(CCc1ccccc1)C2=O)C(=O)O. The van der Waals surface area contributed by atoms with Crippen molar-refractivity contribution in [2.75, 3.05) is 6.54 Å². The van der Waals surface area contributed by atoms with E-state index in [9.17, 15) is 24.3 Å². The molecule has 1 unspecified atom stereocenters. The van der Waals surface area contributed by atoms with Gasteiger partial charge in [-0.25, -0.2) is 4.79 Å². The van der Waals surface area contributed by atoms with E-state index in [1.165, 1.54) is 23.1 Å². The van der Waals surface area contributed by atoms with Gasteiger partial charge in [0.25, 0.3) is 17.7 Å². The van der Waals surface area contributed by atoms with Crippen LogP contribution in [0.5, 0.6) is 0 Å². The fraction of sp³-hybridized carbons (Fsp3) is 0.273. The van der Waals surface area contributed by atoms with E-state index in [0.717, 1.165) is 5.56 Å². The fourth-order valence-electron chi connectivity index (χ4n) is 3.26. The first-order valence-electron chi connectivity index (χ1n) is 9.37. The predicted octanol–water partition coefficient (Wildman–Crippen LogP) is 2.36. The molecule has 0 aliphatic carbocycles. The molecule has 1 aliphatic heterocycles. The van der Waals surface area contributed by atoms with Crippen LogP contribution in [0.4, 0.5) is 0 Å². The number of carboxylic acids is 1. The molecule has 2 N–H and O–H groups in total. The van der Waals surface area contributed by atoms with Gasteiger partial charge in [0.1, 0.15) is 6.04 Å². The van der Waals surface area contributed by atoms with Gasteiger partial charge in [-0.05, 0) is 36.1 Å². The highest BCUT2D eigenvalue weighted by molar-refractivity contribution is 6.22. The lowest BCUT2D eigenvalue weighted by atomic mass is 10.0. The third-order valence-corrected chi connectivity index (χ3v) is 4.92. The summed E-state index contributed by atoms with van der Waals surface area (Å²) in [5, 5.41) is 11.7. The second-order valence-corrected chi connectivity index (χ2v) is 7.29. The maximum absolute atomic E-state index is 12.7. The van der Waals surface area contributed by atoms with Crippen LogP contribution in [0.3, 0.4) is 0 Å². The van der Waals surface area contributed by atoms with Gasteiger partial charge in [-0.15, -0.1) is 0 Å². The second-order valence-electron chi connectivity index (χ2n) is 7.29. The van der Waals surface area contributed by atoms with Crippen LogP contribution in [0, 0.1) is 5.92 Å². The molecule has 0 radical (unpaired) electrons. The molecule has 0 fully saturated rings. The second kappa shape index (κ2) is 8.26. The molecule has 0 spiro atoms. The highest BCUT2D eigenvalue weighted by Crippen LogP contribution is 2.24. The van der Waals surface area contributed by atoms with E-state index in [0.29, 0.717) is 6.42 Å². The number of benzene rings is 2. The number of carboxylic acid groups (broad SMARTS) is 1. The van der Waals surface area contributed by atoms with Gasteiger partial charge in [0.05, 0.1) is 11.1 Å². The summed E-state index contributed by atoms with van der Waals surface area (Å²) < 4.78 is 0. The Bertz CT molecular complexity index is 968. The number of carbonyl (C=O) groups excluding carboxylic acids is 3. The van der Waals surface area contributed by atoms with E-state index in [4.69, 9.17) is 0 Å². The summed E-state index contributed by atoms with van der Waals surface area (Å²) in [6, 6.07) is 12.7. The van der Waals surface area contributed by atoms with E-state index in [2.05, 4.69) is 5.32 Å². The van der Waals surface area contributed by atoms with Crippen molar-refractivity contribution >= 4 is 23.7 Å². The molecular formula is C22H22N2O5. The summed E-state index contributed by atoms with van der Waals surface area (Å²) >= 11 is 0. The Labute approximate surface area is 168 Å². The van der Waals surface area contributed by atoms with E-state index < -0.39 is 29.7 Å². The molecule has 3 rings (SSSR count). The van der Waals surface area contributed by atoms with Gasteiger partial charge in [-0.3, -0.25) is 19.3 Å². The number of amides is 3. The maximum Gasteiger partial charge on any atom is 0.326 e. The zero-order valence-electron chi connectivity index (χ0n) is 16.2. The van der Waals surface area contributed by atoms with Crippen molar-refractivity contribution in [1.82, 2.24) is 10.2 Å².